The van der Waals surface area contributed by atoms with Crippen LogP contribution in [0.5, 0.6) is 0 Å². The van der Waals surface area contributed by atoms with Crippen LogP contribution < -0.4 is 0 Å². The Balaban J connectivity index is 1.75. The van der Waals surface area contributed by atoms with Crippen LogP contribution in [0.3, 0.4) is 0 Å². The molecule has 1 aromatic carbocycles. The minimum atomic E-state index is -3.50. The maximum atomic E-state index is 12.1. The van der Waals surface area contributed by atoms with Gasteiger partial charge in [-0.25, -0.2) is 0 Å². The minimum Gasteiger partial charge on any atom is -0.270 e. The average molecular weight is 349 g/mol. The smallest absolute Gasteiger partial charge is 0.270 e. The maximum Gasteiger partial charge on any atom is 0.271 e. The van der Waals surface area contributed by atoms with Crippen LogP contribution in [0.25, 0.3) is 0 Å². The highest BCUT2D eigenvalue weighted by atomic mass is 32.2. The van der Waals surface area contributed by atoms with Crippen molar-refractivity contribution in [2.45, 2.75) is 51.7 Å². The van der Waals surface area contributed by atoms with Gasteiger partial charge in [-0.15, -0.1) is 0 Å². The Morgan fingerprint density at radius 2 is 2.00 bits per heavy atom. The lowest BCUT2D eigenvalue weighted by Crippen LogP contribution is -2.17. The molecule has 132 valence electrons. The van der Waals surface area contributed by atoms with Crippen molar-refractivity contribution in [1.29, 1.82) is 0 Å². The second-order valence-electron chi connectivity index (χ2n) is 6.80. The van der Waals surface area contributed by atoms with Crippen molar-refractivity contribution in [2.24, 2.45) is 5.92 Å². The number of allylic oxidation sites excluding steroid dienone is 4. The average Bonchev–Trinajstić information content (AvgIpc) is 2.54. The van der Waals surface area contributed by atoms with Gasteiger partial charge in [-0.3, -0.25) is 4.18 Å². The van der Waals surface area contributed by atoms with E-state index in [1.807, 2.05) is 30.3 Å². The van der Waals surface area contributed by atoms with Gasteiger partial charge < -0.3 is 0 Å². The monoisotopic (exact) mass is 348 g/mol. The molecule has 0 bridgehead atoms. The van der Waals surface area contributed by atoms with Crippen molar-refractivity contribution < 1.29 is 12.6 Å². The molecule has 1 aliphatic carbocycles. The van der Waals surface area contributed by atoms with Crippen LogP contribution in [0.1, 0.15) is 51.5 Å². The SMILES string of the molecule is CC(C)=CCCC1=CCC(COS(=O)(=O)Cc2ccccc2)CC1. The topological polar surface area (TPSA) is 43.4 Å². The summed E-state index contributed by atoms with van der Waals surface area (Å²) in [5.41, 5.74) is 3.62. The van der Waals surface area contributed by atoms with Crippen LogP contribution in [0.4, 0.5) is 0 Å². The summed E-state index contributed by atoms with van der Waals surface area (Å²) in [5, 5.41) is 0. The van der Waals surface area contributed by atoms with Gasteiger partial charge in [0.05, 0.1) is 6.61 Å². The van der Waals surface area contributed by atoms with Crippen molar-refractivity contribution in [2.75, 3.05) is 6.61 Å². The van der Waals surface area contributed by atoms with Gasteiger partial charge in [-0.2, -0.15) is 8.42 Å². The molecular weight excluding hydrogens is 320 g/mol. The molecule has 24 heavy (non-hydrogen) atoms. The van der Waals surface area contributed by atoms with Gasteiger partial charge in [-0.1, -0.05) is 53.6 Å². The summed E-state index contributed by atoms with van der Waals surface area (Å²) in [6.45, 7) is 4.55. The highest BCUT2D eigenvalue weighted by molar-refractivity contribution is 7.85. The lowest BCUT2D eigenvalue weighted by Gasteiger charge is -2.21. The predicted molar refractivity (Wildman–Crippen MR) is 99.1 cm³/mol. The summed E-state index contributed by atoms with van der Waals surface area (Å²) < 4.78 is 29.4. The molecule has 1 aromatic rings. The third kappa shape index (κ3) is 7.02. The number of hydrogen-bond donors (Lipinski definition) is 0. The van der Waals surface area contributed by atoms with E-state index < -0.39 is 10.1 Å². The van der Waals surface area contributed by atoms with E-state index in [4.69, 9.17) is 4.18 Å². The molecule has 3 nitrogen and oxygen atoms in total. The standard InChI is InChI=1S/C20H28O3S/c1-17(2)7-6-10-18-11-13-19(14-12-18)15-23-24(21,22)16-20-8-4-3-5-9-20/h3-5,7-9,11,19H,6,10,12-16H2,1-2H3. The van der Waals surface area contributed by atoms with E-state index in [2.05, 4.69) is 26.0 Å². The summed E-state index contributed by atoms with van der Waals surface area (Å²) in [6.07, 6.45) is 9.76. The van der Waals surface area contributed by atoms with Crippen LogP contribution >= 0.6 is 0 Å². The first-order valence-corrected chi connectivity index (χ1v) is 10.2. The van der Waals surface area contributed by atoms with E-state index in [-0.39, 0.29) is 5.75 Å². The highest BCUT2D eigenvalue weighted by Crippen LogP contribution is 2.27. The molecule has 0 radical (unpaired) electrons. The largest absolute Gasteiger partial charge is 0.271 e. The molecule has 0 saturated carbocycles. The van der Waals surface area contributed by atoms with E-state index >= 15 is 0 Å². The summed E-state index contributed by atoms with van der Waals surface area (Å²) in [6, 6.07) is 9.17. The van der Waals surface area contributed by atoms with Gasteiger partial charge in [0.1, 0.15) is 5.75 Å². The van der Waals surface area contributed by atoms with Crippen molar-refractivity contribution >= 4 is 10.1 Å². The van der Waals surface area contributed by atoms with Crippen LogP contribution in [0, 0.1) is 5.92 Å². The highest BCUT2D eigenvalue weighted by Gasteiger charge is 2.19. The van der Waals surface area contributed by atoms with Gasteiger partial charge in [0.2, 0.25) is 0 Å². The first-order chi connectivity index (χ1) is 11.4. The van der Waals surface area contributed by atoms with Crippen molar-refractivity contribution in [3.05, 3.63) is 59.2 Å². The lowest BCUT2D eigenvalue weighted by atomic mass is 9.88. The van der Waals surface area contributed by atoms with Crippen molar-refractivity contribution in [3.63, 3.8) is 0 Å². The molecule has 4 heteroatoms. The zero-order chi connectivity index (χ0) is 17.4. The summed E-state index contributed by atoms with van der Waals surface area (Å²) >= 11 is 0. The molecule has 0 saturated heterocycles. The van der Waals surface area contributed by atoms with Gasteiger partial charge >= 0.3 is 0 Å². The molecular formula is C20H28O3S. The van der Waals surface area contributed by atoms with E-state index in [1.54, 1.807) is 0 Å². The van der Waals surface area contributed by atoms with Crippen LogP contribution in [-0.2, 0) is 20.1 Å². The fourth-order valence-electron chi connectivity index (χ4n) is 2.89. The summed E-state index contributed by atoms with van der Waals surface area (Å²) in [7, 11) is -3.50. The fourth-order valence-corrected chi connectivity index (χ4v) is 3.97. The van der Waals surface area contributed by atoms with E-state index in [1.165, 1.54) is 11.1 Å². The normalized spacial score (nSPS) is 18.1. The quantitative estimate of drug-likeness (QED) is 0.490. The Morgan fingerprint density at radius 1 is 1.25 bits per heavy atom. The van der Waals surface area contributed by atoms with Gasteiger partial charge in [0, 0.05) is 0 Å². The predicted octanol–water partition coefficient (Wildman–Crippen LogP) is 5.01. The third-order valence-corrected chi connectivity index (χ3v) is 5.48. The van der Waals surface area contributed by atoms with Gasteiger partial charge in [0.25, 0.3) is 10.1 Å². The molecule has 0 aromatic heterocycles. The van der Waals surface area contributed by atoms with Gasteiger partial charge in [-0.05, 0) is 57.4 Å². The Labute approximate surface area is 146 Å². The van der Waals surface area contributed by atoms with Gasteiger partial charge in [0.15, 0.2) is 0 Å². The zero-order valence-corrected chi connectivity index (χ0v) is 15.5. The second kappa shape index (κ2) is 9.19. The van der Waals surface area contributed by atoms with E-state index in [0.29, 0.717) is 12.5 Å². The second-order valence-corrected chi connectivity index (χ2v) is 8.43. The lowest BCUT2D eigenvalue weighted by molar-refractivity contribution is 0.241. The molecule has 0 heterocycles. The van der Waals surface area contributed by atoms with Crippen molar-refractivity contribution in [1.82, 2.24) is 0 Å². The molecule has 2 rings (SSSR count). The Hall–Kier alpha value is -1.39. The molecule has 0 N–H and O–H groups in total. The van der Waals surface area contributed by atoms with E-state index in [9.17, 15) is 8.42 Å². The summed E-state index contributed by atoms with van der Waals surface area (Å²) in [4.78, 5) is 0. The van der Waals surface area contributed by atoms with Crippen LogP contribution in [-0.4, -0.2) is 15.0 Å². The number of benzene rings is 1. The Morgan fingerprint density at radius 3 is 2.62 bits per heavy atom. The minimum absolute atomic E-state index is 0.0512. The zero-order valence-electron chi connectivity index (χ0n) is 14.7. The summed E-state index contributed by atoms with van der Waals surface area (Å²) in [5.74, 6) is 0.257. The Kier molecular flexibility index (Phi) is 7.25. The molecule has 0 amide bonds. The van der Waals surface area contributed by atoms with E-state index in [0.717, 1.165) is 37.7 Å². The molecule has 1 unspecified atom stereocenters. The maximum absolute atomic E-state index is 12.1. The first-order valence-electron chi connectivity index (χ1n) is 8.67. The van der Waals surface area contributed by atoms with Crippen molar-refractivity contribution in [3.8, 4) is 0 Å². The Bertz CT molecular complexity index is 668. The molecule has 0 spiro atoms. The molecule has 1 atom stereocenters. The number of rotatable bonds is 8. The fraction of sp³-hybridized carbons (Fsp3) is 0.500. The third-order valence-electron chi connectivity index (χ3n) is 4.30. The van der Waals surface area contributed by atoms with Crippen LogP contribution in [0.2, 0.25) is 0 Å². The molecule has 1 aliphatic rings. The molecule has 0 fully saturated rings. The van der Waals surface area contributed by atoms with Crippen LogP contribution in [0.15, 0.2) is 53.6 Å². The first kappa shape index (κ1) is 18.9. The molecule has 0 aliphatic heterocycles. The number of hydrogen-bond acceptors (Lipinski definition) is 3.